The molecule has 0 aliphatic carbocycles. The molecule has 0 spiro atoms. The second-order valence-corrected chi connectivity index (χ2v) is 3.93. The third-order valence-corrected chi connectivity index (χ3v) is 2.89. The summed E-state index contributed by atoms with van der Waals surface area (Å²) in [7, 11) is 0. The molecule has 3 heteroatoms. The van der Waals surface area contributed by atoms with Crippen molar-refractivity contribution < 1.29 is 9.53 Å². The Morgan fingerprint density at radius 1 is 1.41 bits per heavy atom. The Morgan fingerprint density at radius 3 is 2.53 bits per heavy atom. The molecular weight excluding hydrogens is 214 g/mol. The normalized spacial score (nSPS) is 18.1. The standard InChI is InChI=1S/C14H21NO2/c1-4-12(5-2)11-13(6-3)14(16)15-7-9-17-10-8-15/h4,6,11H,3,5,7-10H2,1-2H3/b12-4-,13-11+. The largest absolute Gasteiger partial charge is 0.378 e. The van der Waals surface area contributed by atoms with E-state index in [1.54, 1.807) is 6.08 Å². The average molecular weight is 235 g/mol. The maximum absolute atomic E-state index is 12.2. The summed E-state index contributed by atoms with van der Waals surface area (Å²) < 4.78 is 5.24. The number of amides is 1. The number of ether oxygens (including phenoxy) is 1. The van der Waals surface area contributed by atoms with Crippen molar-refractivity contribution >= 4 is 5.91 Å². The third-order valence-electron chi connectivity index (χ3n) is 2.89. The van der Waals surface area contributed by atoms with E-state index in [0.29, 0.717) is 31.9 Å². The van der Waals surface area contributed by atoms with Crippen molar-refractivity contribution in [2.24, 2.45) is 0 Å². The first kappa shape index (κ1) is 13.7. The molecule has 1 amide bonds. The minimum Gasteiger partial charge on any atom is -0.378 e. The molecule has 3 nitrogen and oxygen atoms in total. The van der Waals surface area contributed by atoms with E-state index in [0.717, 1.165) is 12.0 Å². The predicted octanol–water partition coefficient (Wildman–Crippen LogP) is 2.31. The van der Waals surface area contributed by atoms with Gasteiger partial charge in [-0.15, -0.1) is 0 Å². The van der Waals surface area contributed by atoms with E-state index in [2.05, 4.69) is 13.5 Å². The number of carbonyl (C=O) groups excluding carboxylic acids is 1. The molecule has 1 rings (SSSR count). The average Bonchev–Trinajstić information content (AvgIpc) is 2.40. The third kappa shape index (κ3) is 3.86. The first-order chi connectivity index (χ1) is 8.22. The summed E-state index contributed by atoms with van der Waals surface area (Å²) >= 11 is 0. The monoisotopic (exact) mass is 235 g/mol. The van der Waals surface area contributed by atoms with Crippen molar-refractivity contribution in [3.63, 3.8) is 0 Å². The van der Waals surface area contributed by atoms with Crippen LogP contribution in [0.3, 0.4) is 0 Å². The van der Waals surface area contributed by atoms with E-state index in [1.165, 1.54) is 0 Å². The van der Waals surface area contributed by atoms with E-state index in [-0.39, 0.29) is 5.91 Å². The van der Waals surface area contributed by atoms with E-state index >= 15 is 0 Å². The summed E-state index contributed by atoms with van der Waals surface area (Å²) in [6.07, 6.45) is 6.50. The van der Waals surface area contributed by atoms with Crippen molar-refractivity contribution in [3.05, 3.63) is 36.0 Å². The summed E-state index contributed by atoms with van der Waals surface area (Å²) in [4.78, 5) is 14.0. The first-order valence-corrected chi connectivity index (χ1v) is 6.09. The van der Waals surface area contributed by atoms with Gasteiger partial charge < -0.3 is 9.64 Å². The molecule has 0 aromatic carbocycles. The van der Waals surface area contributed by atoms with Gasteiger partial charge in [0, 0.05) is 18.7 Å². The molecule has 0 aromatic heterocycles. The number of allylic oxidation sites excluding steroid dienone is 3. The number of morpholine rings is 1. The van der Waals surface area contributed by atoms with Gasteiger partial charge in [-0.25, -0.2) is 0 Å². The molecule has 1 heterocycles. The number of rotatable bonds is 4. The number of hydrogen-bond acceptors (Lipinski definition) is 2. The summed E-state index contributed by atoms with van der Waals surface area (Å²) in [6, 6.07) is 0. The highest BCUT2D eigenvalue weighted by molar-refractivity contribution is 5.96. The van der Waals surface area contributed by atoms with Crippen LogP contribution in [0.1, 0.15) is 20.3 Å². The molecule has 1 aliphatic heterocycles. The van der Waals surface area contributed by atoms with Crippen LogP contribution in [0, 0.1) is 0 Å². The predicted molar refractivity (Wildman–Crippen MR) is 69.7 cm³/mol. The van der Waals surface area contributed by atoms with Crippen molar-refractivity contribution in [2.45, 2.75) is 20.3 Å². The fourth-order valence-electron chi connectivity index (χ4n) is 1.75. The molecule has 94 valence electrons. The second kappa shape index (κ2) is 7.07. The smallest absolute Gasteiger partial charge is 0.253 e. The zero-order chi connectivity index (χ0) is 12.7. The van der Waals surface area contributed by atoms with Crippen LogP contribution in [0.4, 0.5) is 0 Å². The fraction of sp³-hybridized carbons (Fsp3) is 0.500. The molecule has 0 unspecified atom stereocenters. The minimum atomic E-state index is 0.0519. The first-order valence-electron chi connectivity index (χ1n) is 6.09. The lowest BCUT2D eigenvalue weighted by molar-refractivity contribution is -0.130. The number of hydrogen-bond donors (Lipinski definition) is 0. The summed E-state index contributed by atoms with van der Waals surface area (Å²) in [5.41, 5.74) is 1.82. The van der Waals surface area contributed by atoms with Gasteiger partial charge in [0.15, 0.2) is 0 Å². The topological polar surface area (TPSA) is 29.5 Å². The van der Waals surface area contributed by atoms with Crippen LogP contribution in [0.5, 0.6) is 0 Å². The molecule has 17 heavy (non-hydrogen) atoms. The van der Waals surface area contributed by atoms with Crippen LogP contribution in [0.25, 0.3) is 0 Å². The van der Waals surface area contributed by atoms with Crippen molar-refractivity contribution in [2.75, 3.05) is 26.3 Å². The second-order valence-electron chi connectivity index (χ2n) is 3.93. The molecule has 0 atom stereocenters. The lowest BCUT2D eigenvalue weighted by Gasteiger charge is -2.27. The van der Waals surface area contributed by atoms with Crippen LogP contribution in [-0.2, 0) is 9.53 Å². The van der Waals surface area contributed by atoms with Crippen LogP contribution >= 0.6 is 0 Å². The van der Waals surface area contributed by atoms with E-state index in [9.17, 15) is 4.79 Å². The lowest BCUT2D eigenvalue weighted by atomic mass is 10.1. The molecule has 0 radical (unpaired) electrons. The van der Waals surface area contributed by atoms with Gasteiger partial charge in [0.1, 0.15) is 0 Å². The molecule has 0 bridgehead atoms. The Bertz CT molecular complexity index is 336. The van der Waals surface area contributed by atoms with Gasteiger partial charge in [0.05, 0.1) is 13.2 Å². The fourth-order valence-corrected chi connectivity index (χ4v) is 1.75. The van der Waals surface area contributed by atoms with E-state index in [4.69, 9.17) is 4.74 Å². The molecule has 1 saturated heterocycles. The van der Waals surface area contributed by atoms with E-state index in [1.807, 2.05) is 24.0 Å². The number of carbonyl (C=O) groups is 1. The number of nitrogens with zero attached hydrogens (tertiary/aromatic N) is 1. The van der Waals surface area contributed by atoms with Gasteiger partial charge in [0.25, 0.3) is 5.91 Å². The Hall–Kier alpha value is -1.35. The molecule has 0 N–H and O–H groups in total. The van der Waals surface area contributed by atoms with Gasteiger partial charge in [0.2, 0.25) is 0 Å². The van der Waals surface area contributed by atoms with Crippen LogP contribution in [0.15, 0.2) is 36.0 Å². The van der Waals surface area contributed by atoms with Crippen LogP contribution < -0.4 is 0 Å². The van der Waals surface area contributed by atoms with Crippen molar-refractivity contribution in [3.8, 4) is 0 Å². The molecule has 0 saturated carbocycles. The lowest BCUT2D eigenvalue weighted by Crippen LogP contribution is -2.41. The van der Waals surface area contributed by atoms with Crippen molar-refractivity contribution in [1.82, 2.24) is 4.90 Å². The Balaban J connectivity index is 2.79. The quantitative estimate of drug-likeness (QED) is 0.553. The Labute approximate surface area is 103 Å². The van der Waals surface area contributed by atoms with Crippen LogP contribution in [-0.4, -0.2) is 37.1 Å². The molecule has 1 fully saturated rings. The van der Waals surface area contributed by atoms with Gasteiger partial charge in [-0.2, -0.15) is 0 Å². The highest BCUT2D eigenvalue weighted by Crippen LogP contribution is 2.11. The van der Waals surface area contributed by atoms with E-state index < -0.39 is 0 Å². The molecular formula is C14H21NO2. The maximum Gasteiger partial charge on any atom is 0.253 e. The van der Waals surface area contributed by atoms with Crippen LogP contribution in [0.2, 0.25) is 0 Å². The van der Waals surface area contributed by atoms with Gasteiger partial charge in [-0.3, -0.25) is 4.79 Å². The summed E-state index contributed by atoms with van der Waals surface area (Å²) in [6.45, 7) is 10.4. The van der Waals surface area contributed by atoms with Gasteiger partial charge >= 0.3 is 0 Å². The molecule has 1 aliphatic rings. The zero-order valence-corrected chi connectivity index (χ0v) is 10.7. The van der Waals surface area contributed by atoms with Gasteiger partial charge in [-0.1, -0.05) is 31.2 Å². The SMILES string of the molecule is C=C/C(=C\C(=C/C)CC)C(=O)N1CCOCC1. The summed E-state index contributed by atoms with van der Waals surface area (Å²) in [5, 5.41) is 0. The minimum absolute atomic E-state index is 0.0519. The summed E-state index contributed by atoms with van der Waals surface area (Å²) in [5.74, 6) is 0.0519. The maximum atomic E-state index is 12.2. The van der Waals surface area contributed by atoms with Crippen molar-refractivity contribution in [1.29, 1.82) is 0 Å². The highest BCUT2D eigenvalue weighted by Gasteiger charge is 2.18. The Morgan fingerprint density at radius 2 is 2.06 bits per heavy atom. The highest BCUT2D eigenvalue weighted by atomic mass is 16.5. The Kier molecular flexibility index (Phi) is 5.70. The van der Waals surface area contributed by atoms with Gasteiger partial charge in [-0.05, 0) is 19.4 Å². The molecule has 0 aromatic rings. The zero-order valence-electron chi connectivity index (χ0n) is 10.7.